The average molecular weight is 315 g/mol. The molecule has 0 aliphatic heterocycles. The maximum absolute atomic E-state index is 11.9. The van der Waals surface area contributed by atoms with Gasteiger partial charge in [-0.15, -0.1) is 0 Å². The standard InChI is InChI=1S/C9H12Cl2N2O4S/c10-7-1-5(12)2-8(11)9(7)18(16,17)13-3-6(15)4-14/h1-2,6,13-15H,3-4,12H2. The number of rotatable bonds is 5. The molecule has 1 aromatic rings. The molecule has 0 saturated carbocycles. The van der Waals surface area contributed by atoms with E-state index in [4.69, 9.17) is 39.1 Å². The third kappa shape index (κ3) is 3.71. The molecule has 0 heterocycles. The molecule has 102 valence electrons. The van der Waals surface area contributed by atoms with Crippen LogP contribution >= 0.6 is 23.2 Å². The lowest BCUT2D eigenvalue weighted by atomic mass is 10.3. The van der Waals surface area contributed by atoms with E-state index in [1.54, 1.807) is 0 Å². The first-order chi connectivity index (χ1) is 8.27. The second-order valence-electron chi connectivity index (χ2n) is 3.50. The van der Waals surface area contributed by atoms with Gasteiger partial charge in [0.15, 0.2) is 0 Å². The number of aliphatic hydroxyl groups excluding tert-OH is 2. The minimum atomic E-state index is -3.98. The molecule has 1 aromatic carbocycles. The zero-order valence-corrected chi connectivity index (χ0v) is 11.4. The zero-order chi connectivity index (χ0) is 13.9. The smallest absolute Gasteiger partial charge is 0.243 e. The van der Waals surface area contributed by atoms with Crippen LogP contribution in [0.4, 0.5) is 5.69 Å². The first-order valence-corrected chi connectivity index (χ1v) is 7.05. The van der Waals surface area contributed by atoms with E-state index in [2.05, 4.69) is 4.72 Å². The third-order valence-electron chi connectivity index (χ3n) is 2.01. The van der Waals surface area contributed by atoms with Crippen LogP contribution in [0, 0.1) is 0 Å². The molecule has 0 amide bonds. The van der Waals surface area contributed by atoms with Crippen molar-refractivity contribution in [2.45, 2.75) is 11.0 Å². The summed E-state index contributed by atoms with van der Waals surface area (Å²) in [4.78, 5) is -0.315. The minimum absolute atomic E-state index is 0.119. The van der Waals surface area contributed by atoms with Gasteiger partial charge in [0.05, 0.1) is 22.8 Å². The Bertz CT molecular complexity index is 512. The number of halogens is 2. The molecule has 0 aromatic heterocycles. The molecule has 1 unspecified atom stereocenters. The molecule has 5 N–H and O–H groups in total. The van der Waals surface area contributed by atoms with E-state index in [0.717, 1.165) is 0 Å². The van der Waals surface area contributed by atoms with E-state index in [-0.39, 0.29) is 27.2 Å². The normalized spacial score (nSPS) is 13.6. The molecule has 0 saturated heterocycles. The number of hydrogen-bond donors (Lipinski definition) is 4. The molecule has 1 atom stereocenters. The first kappa shape index (κ1) is 15.5. The van der Waals surface area contributed by atoms with Crippen molar-refractivity contribution in [2.75, 3.05) is 18.9 Å². The number of anilines is 1. The van der Waals surface area contributed by atoms with Crippen LogP contribution in [0.25, 0.3) is 0 Å². The molecule has 1 rings (SSSR count). The van der Waals surface area contributed by atoms with Crippen molar-refractivity contribution < 1.29 is 18.6 Å². The van der Waals surface area contributed by atoms with Gasteiger partial charge >= 0.3 is 0 Å². The van der Waals surface area contributed by atoms with Crippen LogP contribution in [-0.4, -0.2) is 37.9 Å². The molecule has 9 heteroatoms. The summed E-state index contributed by atoms with van der Waals surface area (Å²) in [6.45, 7) is -0.915. The number of sulfonamides is 1. The van der Waals surface area contributed by atoms with Crippen molar-refractivity contribution in [2.24, 2.45) is 0 Å². The largest absolute Gasteiger partial charge is 0.399 e. The van der Waals surface area contributed by atoms with Crippen LogP contribution in [0.3, 0.4) is 0 Å². The van der Waals surface area contributed by atoms with Crippen molar-refractivity contribution in [3.8, 4) is 0 Å². The second-order valence-corrected chi connectivity index (χ2v) is 6.02. The highest BCUT2D eigenvalue weighted by atomic mass is 35.5. The fourth-order valence-electron chi connectivity index (χ4n) is 1.18. The van der Waals surface area contributed by atoms with Crippen LogP contribution in [0.5, 0.6) is 0 Å². The highest BCUT2D eigenvalue weighted by Gasteiger charge is 2.22. The number of nitrogens with two attached hydrogens (primary N) is 1. The molecule has 0 fully saturated rings. The Kier molecular flexibility index (Phi) is 5.20. The maximum atomic E-state index is 11.9. The van der Waals surface area contributed by atoms with Crippen molar-refractivity contribution in [1.29, 1.82) is 0 Å². The van der Waals surface area contributed by atoms with Crippen LogP contribution in [-0.2, 0) is 10.0 Å². The van der Waals surface area contributed by atoms with Gasteiger partial charge in [-0.3, -0.25) is 0 Å². The molecular formula is C9H12Cl2N2O4S. The maximum Gasteiger partial charge on any atom is 0.243 e. The van der Waals surface area contributed by atoms with Crippen LogP contribution in [0.1, 0.15) is 0 Å². The van der Waals surface area contributed by atoms with Crippen molar-refractivity contribution in [3.05, 3.63) is 22.2 Å². The molecule has 0 bridgehead atoms. The van der Waals surface area contributed by atoms with Crippen LogP contribution < -0.4 is 10.5 Å². The van der Waals surface area contributed by atoms with Crippen LogP contribution in [0.2, 0.25) is 10.0 Å². The number of benzene rings is 1. The number of hydrogen-bond acceptors (Lipinski definition) is 5. The first-order valence-electron chi connectivity index (χ1n) is 4.81. The van der Waals surface area contributed by atoms with Crippen molar-refractivity contribution >= 4 is 38.9 Å². The summed E-state index contributed by atoms with van der Waals surface area (Å²) in [5.74, 6) is 0. The summed E-state index contributed by atoms with van der Waals surface area (Å²) in [5, 5.41) is 17.4. The van der Waals surface area contributed by atoms with Gasteiger partial charge in [-0.1, -0.05) is 23.2 Å². The zero-order valence-electron chi connectivity index (χ0n) is 9.10. The second kappa shape index (κ2) is 6.05. The predicted molar refractivity (Wildman–Crippen MR) is 69.2 cm³/mol. The quantitative estimate of drug-likeness (QED) is 0.580. The minimum Gasteiger partial charge on any atom is -0.399 e. The lowest BCUT2D eigenvalue weighted by Gasteiger charge is -2.12. The Morgan fingerprint density at radius 3 is 2.28 bits per heavy atom. The fourth-order valence-corrected chi connectivity index (χ4v) is 3.48. The molecule has 0 aliphatic rings. The Labute approximate surface area is 114 Å². The molecule has 6 nitrogen and oxygen atoms in total. The number of nitrogen functional groups attached to an aromatic ring is 1. The van der Waals surface area contributed by atoms with E-state index in [1.807, 2.05) is 0 Å². The Balaban J connectivity index is 3.06. The summed E-state index contributed by atoms with van der Waals surface area (Å²) in [6.07, 6.45) is -1.20. The van der Waals surface area contributed by atoms with Gasteiger partial charge in [0, 0.05) is 12.2 Å². The van der Waals surface area contributed by atoms with Crippen molar-refractivity contribution in [1.82, 2.24) is 4.72 Å². The topological polar surface area (TPSA) is 113 Å². The van der Waals surface area contributed by atoms with Gasteiger partial charge in [0.2, 0.25) is 10.0 Å². The van der Waals surface area contributed by atoms with Crippen LogP contribution in [0.15, 0.2) is 17.0 Å². The Morgan fingerprint density at radius 1 is 1.33 bits per heavy atom. The summed E-state index contributed by atoms with van der Waals surface area (Å²) in [7, 11) is -3.98. The SMILES string of the molecule is Nc1cc(Cl)c(S(=O)(=O)NCC(O)CO)c(Cl)c1. The summed E-state index contributed by atoms with van der Waals surface area (Å²) >= 11 is 11.5. The molecule has 18 heavy (non-hydrogen) atoms. The lowest BCUT2D eigenvalue weighted by Crippen LogP contribution is -2.34. The number of nitrogens with one attached hydrogen (secondary N) is 1. The summed E-state index contributed by atoms with van der Waals surface area (Å²) in [5.41, 5.74) is 5.69. The average Bonchev–Trinajstić information content (AvgIpc) is 2.24. The summed E-state index contributed by atoms with van der Waals surface area (Å²) in [6, 6.07) is 2.51. The monoisotopic (exact) mass is 314 g/mol. The fraction of sp³-hybridized carbons (Fsp3) is 0.333. The van der Waals surface area contributed by atoms with Gasteiger partial charge in [-0.2, -0.15) is 0 Å². The van der Waals surface area contributed by atoms with Gasteiger partial charge in [-0.05, 0) is 12.1 Å². The molecule has 0 radical (unpaired) electrons. The van der Waals surface area contributed by atoms with Crippen molar-refractivity contribution in [3.63, 3.8) is 0 Å². The highest BCUT2D eigenvalue weighted by molar-refractivity contribution is 7.89. The third-order valence-corrected chi connectivity index (χ3v) is 4.35. The van der Waals surface area contributed by atoms with E-state index in [0.29, 0.717) is 0 Å². The van der Waals surface area contributed by atoms with E-state index < -0.39 is 22.7 Å². The molecular weight excluding hydrogens is 303 g/mol. The van der Waals surface area contributed by atoms with E-state index in [1.165, 1.54) is 12.1 Å². The van der Waals surface area contributed by atoms with E-state index >= 15 is 0 Å². The lowest BCUT2D eigenvalue weighted by molar-refractivity contribution is 0.0988. The Morgan fingerprint density at radius 2 is 1.83 bits per heavy atom. The van der Waals surface area contributed by atoms with Gasteiger partial charge in [-0.25, -0.2) is 13.1 Å². The summed E-state index contributed by atoms with van der Waals surface area (Å²) < 4.78 is 25.9. The number of aliphatic hydroxyl groups is 2. The molecule has 0 spiro atoms. The Hall–Kier alpha value is -0.570. The van der Waals surface area contributed by atoms with E-state index in [9.17, 15) is 8.42 Å². The molecule has 0 aliphatic carbocycles. The highest BCUT2D eigenvalue weighted by Crippen LogP contribution is 2.31. The van der Waals surface area contributed by atoms with Gasteiger partial charge in [0.25, 0.3) is 0 Å². The van der Waals surface area contributed by atoms with Gasteiger partial charge in [0.1, 0.15) is 4.90 Å². The van der Waals surface area contributed by atoms with Gasteiger partial charge < -0.3 is 15.9 Å². The predicted octanol–water partition coefficient (Wildman–Crippen LogP) is 0.207.